The van der Waals surface area contributed by atoms with Crippen molar-refractivity contribution in [3.8, 4) is 0 Å². The molecule has 0 spiro atoms. The van der Waals surface area contributed by atoms with E-state index in [2.05, 4.69) is 0 Å². The summed E-state index contributed by atoms with van der Waals surface area (Å²) in [7, 11) is -1.79. The highest BCUT2D eigenvalue weighted by molar-refractivity contribution is 7.87. The summed E-state index contributed by atoms with van der Waals surface area (Å²) in [6.07, 6.45) is 0.917. The predicted molar refractivity (Wildman–Crippen MR) is 96.3 cm³/mol. The second kappa shape index (κ2) is 10.1. The Hall–Kier alpha value is -2.19. The molecule has 0 heterocycles. The minimum atomic E-state index is -4.22. The molecule has 26 heavy (non-hydrogen) atoms. The Balaban J connectivity index is 2.89. The van der Waals surface area contributed by atoms with Gasteiger partial charge in [-0.15, -0.1) is 0 Å². The van der Waals surface area contributed by atoms with Crippen LogP contribution in [-0.4, -0.2) is 44.8 Å². The molecule has 0 aliphatic rings. The van der Waals surface area contributed by atoms with E-state index in [1.807, 2.05) is 18.7 Å². The summed E-state index contributed by atoms with van der Waals surface area (Å²) in [5.74, 6) is 0.830. The van der Waals surface area contributed by atoms with E-state index < -0.39 is 22.2 Å². The molecule has 0 saturated carbocycles. The van der Waals surface area contributed by atoms with E-state index in [4.69, 9.17) is 9.57 Å². The molecule has 1 atom stereocenters. The third-order valence-electron chi connectivity index (χ3n) is 3.69. The zero-order chi connectivity index (χ0) is 19.7. The number of carbonyl (C=O) groups is 1. The van der Waals surface area contributed by atoms with Crippen LogP contribution in [0.5, 0.6) is 0 Å². The lowest BCUT2D eigenvalue weighted by molar-refractivity contribution is -0.145. The SMILES string of the molecule is COC(=O)C(CCC(C)C)N(C)S(=O)(=O)NOC(=C=O)c1ccccc1. The van der Waals surface area contributed by atoms with Gasteiger partial charge in [0, 0.05) is 12.6 Å². The van der Waals surface area contributed by atoms with Gasteiger partial charge < -0.3 is 9.57 Å². The number of nitrogens with one attached hydrogen (secondary N) is 1. The maximum Gasteiger partial charge on any atom is 0.324 e. The van der Waals surface area contributed by atoms with Crippen molar-refractivity contribution in [2.45, 2.75) is 32.7 Å². The molecule has 1 N–H and O–H groups in total. The average molecular weight is 384 g/mol. The fourth-order valence-corrected chi connectivity index (χ4v) is 2.96. The van der Waals surface area contributed by atoms with Crippen molar-refractivity contribution < 1.29 is 27.6 Å². The van der Waals surface area contributed by atoms with E-state index in [0.717, 1.165) is 4.31 Å². The maximum absolute atomic E-state index is 12.4. The lowest BCUT2D eigenvalue weighted by atomic mass is 10.0. The molecule has 0 aliphatic carbocycles. The Morgan fingerprint density at radius 1 is 1.23 bits per heavy atom. The smallest absolute Gasteiger partial charge is 0.324 e. The highest BCUT2D eigenvalue weighted by Crippen LogP contribution is 2.16. The van der Waals surface area contributed by atoms with Crippen LogP contribution in [0, 0.1) is 5.92 Å². The van der Waals surface area contributed by atoms with Crippen molar-refractivity contribution in [3.63, 3.8) is 0 Å². The third-order valence-corrected chi connectivity index (χ3v) is 4.99. The first-order valence-corrected chi connectivity index (χ1v) is 9.46. The second-order valence-corrected chi connectivity index (χ2v) is 7.71. The Labute approximate surface area is 153 Å². The second-order valence-electron chi connectivity index (χ2n) is 6.01. The van der Waals surface area contributed by atoms with Crippen LogP contribution in [0.2, 0.25) is 0 Å². The molecular weight excluding hydrogens is 360 g/mol. The molecule has 1 unspecified atom stereocenters. The number of nitrogens with zero attached hydrogens (tertiary/aromatic N) is 1. The molecule has 0 bridgehead atoms. The minimum Gasteiger partial charge on any atom is -0.468 e. The normalized spacial score (nSPS) is 12.5. The van der Waals surface area contributed by atoms with E-state index in [-0.39, 0.29) is 18.1 Å². The first-order valence-electron chi connectivity index (χ1n) is 8.02. The first kappa shape index (κ1) is 21.9. The van der Waals surface area contributed by atoms with Gasteiger partial charge in [0.2, 0.25) is 5.76 Å². The van der Waals surface area contributed by atoms with E-state index in [1.54, 1.807) is 36.3 Å². The van der Waals surface area contributed by atoms with Crippen molar-refractivity contribution >= 4 is 27.9 Å². The van der Waals surface area contributed by atoms with Gasteiger partial charge in [0.25, 0.3) is 0 Å². The van der Waals surface area contributed by atoms with E-state index in [0.29, 0.717) is 12.0 Å². The Morgan fingerprint density at radius 3 is 2.35 bits per heavy atom. The van der Waals surface area contributed by atoms with Crippen LogP contribution in [-0.2, 0) is 29.4 Å². The van der Waals surface area contributed by atoms with Gasteiger partial charge in [-0.3, -0.25) is 4.79 Å². The molecule has 0 amide bonds. The standard InChI is InChI=1S/C17H24N2O6S/c1-13(2)10-11-15(17(21)24-4)19(3)26(22,23)18-25-16(12-20)14-8-6-5-7-9-14/h5-9,13,15,18H,10-11H2,1-4H3. The molecule has 0 aliphatic heterocycles. The van der Waals surface area contributed by atoms with Crippen LogP contribution in [0.3, 0.4) is 0 Å². The van der Waals surface area contributed by atoms with Gasteiger partial charge in [0.1, 0.15) is 6.04 Å². The number of methoxy groups -OCH3 is 1. The van der Waals surface area contributed by atoms with Gasteiger partial charge in [-0.2, -0.15) is 12.7 Å². The summed E-state index contributed by atoms with van der Waals surface area (Å²) < 4.78 is 30.4. The molecule has 0 aromatic heterocycles. The van der Waals surface area contributed by atoms with Crippen molar-refractivity contribution in [1.82, 2.24) is 9.19 Å². The van der Waals surface area contributed by atoms with Crippen LogP contribution in [0.4, 0.5) is 0 Å². The van der Waals surface area contributed by atoms with Gasteiger partial charge in [-0.05, 0) is 23.6 Å². The van der Waals surface area contributed by atoms with Crippen LogP contribution in [0.25, 0.3) is 5.76 Å². The molecule has 0 fully saturated rings. The van der Waals surface area contributed by atoms with Crippen LogP contribution in [0.15, 0.2) is 30.3 Å². The number of benzene rings is 1. The van der Waals surface area contributed by atoms with E-state index in [9.17, 15) is 18.0 Å². The quantitative estimate of drug-likeness (QED) is 0.284. The Morgan fingerprint density at radius 2 is 1.85 bits per heavy atom. The number of hydrogen-bond donors (Lipinski definition) is 1. The maximum atomic E-state index is 12.4. The van der Waals surface area contributed by atoms with Crippen molar-refractivity contribution in [1.29, 1.82) is 0 Å². The molecule has 1 aromatic carbocycles. The molecule has 1 rings (SSSR count). The monoisotopic (exact) mass is 384 g/mol. The number of ether oxygens (including phenoxy) is 1. The van der Waals surface area contributed by atoms with Crippen LogP contribution >= 0.6 is 0 Å². The number of likely N-dealkylation sites (N-methyl/N-ethyl adjacent to an activating group) is 1. The lowest BCUT2D eigenvalue weighted by Gasteiger charge is -2.25. The first-order chi connectivity index (χ1) is 12.2. The van der Waals surface area contributed by atoms with Crippen LogP contribution in [0.1, 0.15) is 32.3 Å². The van der Waals surface area contributed by atoms with Crippen molar-refractivity contribution in [2.24, 2.45) is 5.92 Å². The summed E-state index contributed by atoms with van der Waals surface area (Å²) >= 11 is 0. The molecule has 9 heteroatoms. The Kier molecular flexibility index (Phi) is 8.47. The number of carbonyl (C=O) groups excluding carboxylic acids is 2. The molecule has 1 aromatic rings. The number of hydrogen-bond acceptors (Lipinski definition) is 6. The number of rotatable bonds is 10. The summed E-state index contributed by atoms with van der Waals surface area (Å²) in [6.45, 7) is 3.93. The van der Waals surface area contributed by atoms with Crippen molar-refractivity contribution in [3.05, 3.63) is 35.9 Å². The molecular formula is C17H24N2O6S. The van der Waals surface area contributed by atoms with Gasteiger partial charge in [0.15, 0.2) is 5.94 Å². The van der Waals surface area contributed by atoms with Crippen LogP contribution < -0.4 is 4.89 Å². The predicted octanol–water partition coefficient (Wildman–Crippen LogP) is 1.53. The van der Waals surface area contributed by atoms with E-state index >= 15 is 0 Å². The third kappa shape index (κ3) is 6.27. The summed E-state index contributed by atoms with van der Waals surface area (Å²) in [5, 5.41) is 0. The van der Waals surface area contributed by atoms with Gasteiger partial charge in [-0.1, -0.05) is 44.2 Å². The zero-order valence-corrected chi connectivity index (χ0v) is 16.1. The molecule has 0 radical (unpaired) electrons. The summed E-state index contributed by atoms with van der Waals surface area (Å²) in [6, 6.07) is 7.19. The van der Waals surface area contributed by atoms with Gasteiger partial charge >= 0.3 is 16.2 Å². The van der Waals surface area contributed by atoms with E-state index in [1.165, 1.54) is 14.2 Å². The average Bonchev–Trinajstić information content (AvgIpc) is 2.62. The highest BCUT2D eigenvalue weighted by Gasteiger charge is 2.33. The fourth-order valence-electron chi connectivity index (χ4n) is 2.12. The number of esters is 1. The Bertz CT molecular complexity index is 742. The lowest BCUT2D eigenvalue weighted by Crippen LogP contribution is -2.48. The largest absolute Gasteiger partial charge is 0.468 e. The topological polar surface area (TPSA) is 102 Å². The van der Waals surface area contributed by atoms with Crippen molar-refractivity contribution in [2.75, 3.05) is 14.2 Å². The zero-order valence-electron chi connectivity index (χ0n) is 15.3. The molecule has 144 valence electrons. The van der Waals surface area contributed by atoms with Gasteiger partial charge in [-0.25, -0.2) is 4.79 Å². The molecule has 0 saturated heterocycles. The highest BCUT2D eigenvalue weighted by atomic mass is 32.2. The summed E-state index contributed by atoms with van der Waals surface area (Å²) in [4.78, 5) is 29.8. The minimum absolute atomic E-state index is 0.283. The fraction of sp³-hybridized carbons (Fsp3) is 0.471. The summed E-state index contributed by atoms with van der Waals surface area (Å²) in [5.41, 5.74) is 0.358. The van der Waals surface area contributed by atoms with Gasteiger partial charge in [0.05, 0.1) is 7.11 Å². The molecule has 8 nitrogen and oxygen atoms in total.